The maximum absolute atomic E-state index is 5.74. The van der Waals surface area contributed by atoms with Crippen LogP contribution in [-0.4, -0.2) is 25.8 Å². The summed E-state index contributed by atoms with van der Waals surface area (Å²) < 4.78 is 5.74. The van der Waals surface area contributed by atoms with Gasteiger partial charge >= 0.3 is 0 Å². The summed E-state index contributed by atoms with van der Waals surface area (Å²) in [6.45, 7) is 5.72. The normalized spacial score (nSPS) is 43.2. The number of rotatable bonds is 1. The molecule has 0 spiro atoms. The Morgan fingerprint density at radius 2 is 2.25 bits per heavy atom. The lowest BCUT2D eigenvalue weighted by Crippen LogP contribution is -2.40. The Morgan fingerprint density at radius 3 is 2.92 bits per heavy atom. The summed E-state index contributed by atoms with van der Waals surface area (Å²) in [4.78, 5) is 0. The average Bonchev–Trinajstić information content (AvgIpc) is 2.57. The maximum Gasteiger partial charge on any atom is 0.0607 e. The van der Waals surface area contributed by atoms with Crippen molar-refractivity contribution in [2.24, 2.45) is 11.8 Å². The van der Waals surface area contributed by atoms with E-state index in [1.807, 2.05) is 0 Å². The van der Waals surface area contributed by atoms with Crippen molar-refractivity contribution in [3.8, 4) is 0 Å². The van der Waals surface area contributed by atoms with Gasteiger partial charge in [0.25, 0.3) is 0 Å². The van der Waals surface area contributed by atoms with Crippen LogP contribution in [0, 0.1) is 11.8 Å². The van der Waals surface area contributed by atoms with Crippen molar-refractivity contribution in [2.75, 3.05) is 19.7 Å². The van der Waals surface area contributed by atoms with Crippen LogP contribution in [0.1, 0.15) is 26.2 Å². The van der Waals surface area contributed by atoms with Gasteiger partial charge in [0, 0.05) is 6.61 Å². The minimum absolute atomic E-state index is 0.585. The summed E-state index contributed by atoms with van der Waals surface area (Å²) in [5, 5.41) is 3.43. The lowest BCUT2D eigenvalue weighted by Gasteiger charge is -2.33. The molecule has 12 heavy (non-hydrogen) atoms. The van der Waals surface area contributed by atoms with Crippen LogP contribution >= 0.6 is 0 Å². The second kappa shape index (κ2) is 3.75. The number of hydrogen-bond donors (Lipinski definition) is 1. The molecule has 0 aromatic rings. The smallest absolute Gasteiger partial charge is 0.0607 e. The monoisotopic (exact) mass is 169 g/mol. The number of piperidine rings is 1. The van der Waals surface area contributed by atoms with Crippen LogP contribution in [0.25, 0.3) is 0 Å². The summed E-state index contributed by atoms with van der Waals surface area (Å²) in [7, 11) is 0. The molecule has 2 aliphatic heterocycles. The highest BCUT2D eigenvalue weighted by Gasteiger charge is 2.31. The first-order valence-corrected chi connectivity index (χ1v) is 5.20. The first-order chi connectivity index (χ1) is 5.88. The van der Waals surface area contributed by atoms with Gasteiger partial charge in [0.2, 0.25) is 0 Å². The van der Waals surface area contributed by atoms with E-state index < -0.39 is 0 Å². The Kier molecular flexibility index (Phi) is 2.66. The molecule has 2 saturated heterocycles. The van der Waals surface area contributed by atoms with E-state index in [2.05, 4.69) is 12.2 Å². The third-order valence-electron chi connectivity index (χ3n) is 3.29. The van der Waals surface area contributed by atoms with Crippen LogP contribution in [0.15, 0.2) is 0 Å². The summed E-state index contributed by atoms with van der Waals surface area (Å²) in [5.41, 5.74) is 0. The van der Waals surface area contributed by atoms with E-state index in [9.17, 15) is 0 Å². The molecule has 2 rings (SSSR count). The Labute approximate surface area is 74.7 Å². The fourth-order valence-electron chi connectivity index (χ4n) is 2.53. The molecule has 0 aromatic heterocycles. The summed E-state index contributed by atoms with van der Waals surface area (Å²) in [5.74, 6) is 1.63. The van der Waals surface area contributed by atoms with Crippen LogP contribution in [0.5, 0.6) is 0 Å². The molecular weight excluding hydrogens is 150 g/mol. The highest BCUT2D eigenvalue weighted by Crippen LogP contribution is 2.30. The van der Waals surface area contributed by atoms with E-state index in [0.717, 1.165) is 18.4 Å². The van der Waals surface area contributed by atoms with Crippen molar-refractivity contribution in [1.29, 1.82) is 0 Å². The minimum Gasteiger partial charge on any atom is -0.378 e. The Morgan fingerprint density at radius 1 is 1.33 bits per heavy atom. The van der Waals surface area contributed by atoms with Gasteiger partial charge in [-0.15, -0.1) is 0 Å². The summed E-state index contributed by atoms with van der Waals surface area (Å²) in [6.07, 6.45) is 4.48. The molecule has 0 amide bonds. The van der Waals surface area contributed by atoms with E-state index >= 15 is 0 Å². The van der Waals surface area contributed by atoms with E-state index in [1.54, 1.807) is 0 Å². The van der Waals surface area contributed by atoms with Gasteiger partial charge < -0.3 is 10.1 Å². The number of nitrogens with one attached hydrogen (secondary N) is 1. The van der Waals surface area contributed by atoms with Crippen LogP contribution < -0.4 is 5.32 Å². The summed E-state index contributed by atoms with van der Waals surface area (Å²) in [6, 6.07) is 0. The van der Waals surface area contributed by atoms with Crippen molar-refractivity contribution in [1.82, 2.24) is 5.32 Å². The zero-order chi connectivity index (χ0) is 8.39. The van der Waals surface area contributed by atoms with Gasteiger partial charge in [-0.05, 0) is 44.2 Å². The molecule has 2 fully saturated rings. The van der Waals surface area contributed by atoms with Gasteiger partial charge in [0.05, 0.1) is 6.10 Å². The van der Waals surface area contributed by atoms with Crippen LogP contribution in [-0.2, 0) is 4.74 Å². The van der Waals surface area contributed by atoms with Gasteiger partial charge in [0.1, 0.15) is 0 Å². The molecule has 2 aliphatic rings. The number of ether oxygens (including phenoxy) is 1. The minimum atomic E-state index is 0.585. The Balaban J connectivity index is 1.91. The molecule has 70 valence electrons. The Bertz CT molecular complexity index is 143. The van der Waals surface area contributed by atoms with E-state index in [4.69, 9.17) is 4.74 Å². The zero-order valence-electron chi connectivity index (χ0n) is 7.88. The molecule has 0 bridgehead atoms. The van der Waals surface area contributed by atoms with Crippen molar-refractivity contribution in [3.05, 3.63) is 0 Å². The second-order valence-electron chi connectivity index (χ2n) is 4.19. The van der Waals surface area contributed by atoms with E-state index in [1.165, 1.54) is 32.4 Å². The van der Waals surface area contributed by atoms with Crippen LogP contribution in [0.4, 0.5) is 0 Å². The SMILES string of the molecule is CC1CNCCC1C1CCCO1. The molecule has 0 saturated carbocycles. The molecule has 2 heteroatoms. The van der Waals surface area contributed by atoms with Gasteiger partial charge in [-0.1, -0.05) is 6.92 Å². The van der Waals surface area contributed by atoms with Gasteiger partial charge in [-0.2, -0.15) is 0 Å². The van der Waals surface area contributed by atoms with Gasteiger partial charge in [-0.25, -0.2) is 0 Å². The molecule has 2 heterocycles. The first kappa shape index (κ1) is 8.52. The van der Waals surface area contributed by atoms with Crippen molar-refractivity contribution in [3.63, 3.8) is 0 Å². The molecular formula is C10H19NO. The molecule has 3 unspecified atom stereocenters. The fraction of sp³-hybridized carbons (Fsp3) is 1.00. The van der Waals surface area contributed by atoms with Crippen LogP contribution in [0.3, 0.4) is 0 Å². The maximum atomic E-state index is 5.74. The first-order valence-electron chi connectivity index (χ1n) is 5.20. The lowest BCUT2D eigenvalue weighted by atomic mass is 9.82. The lowest BCUT2D eigenvalue weighted by molar-refractivity contribution is 0.0291. The molecule has 0 aliphatic carbocycles. The zero-order valence-corrected chi connectivity index (χ0v) is 7.88. The topological polar surface area (TPSA) is 21.3 Å². The molecule has 2 nitrogen and oxygen atoms in total. The molecule has 1 N–H and O–H groups in total. The third-order valence-corrected chi connectivity index (χ3v) is 3.29. The summed E-state index contributed by atoms with van der Waals surface area (Å²) >= 11 is 0. The van der Waals surface area contributed by atoms with Crippen LogP contribution in [0.2, 0.25) is 0 Å². The standard InChI is InChI=1S/C10H19NO/c1-8-7-11-5-4-9(8)10-3-2-6-12-10/h8-11H,2-7H2,1H3. The van der Waals surface area contributed by atoms with E-state index in [-0.39, 0.29) is 0 Å². The molecule has 0 aromatic carbocycles. The van der Waals surface area contributed by atoms with Crippen molar-refractivity contribution >= 4 is 0 Å². The highest BCUT2D eigenvalue weighted by atomic mass is 16.5. The third kappa shape index (κ3) is 1.64. The average molecular weight is 169 g/mol. The molecule has 3 atom stereocenters. The van der Waals surface area contributed by atoms with Gasteiger partial charge in [-0.3, -0.25) is 0 Å². The highest BCUT2D eigenvalue weighted by molar-refractivity contribution is 4.83. The fourth-order valence-corrected chi connectivity index (χ4v) is 2.53. The quantitative estimate of drug-likeness (QED) is 0.641. The number of hydrogen-bond acceptors (Lipinski definition) is 2. The second-order valence-corrected chi connectivity index (χ2v) is 4.19. The Hall–Kier alpha value is -0.0800. The van der Waals surface area contributed by atoms with Crippen molar-refractivity contribution < 1.29 is 4.74 Å². The van der Waals surface area contributed by atoms with E-state index in [0.29, 0.717) is 6.10 Å². The predicted octanol–water partition coefficient (Wildman–Crippen LogP) is 1.41. The van der Waals surface area contributed by atoms with Crippen molar-refractivity contribution in [2.45, 2.75) is 32.3 Å². The predicted molar refractivity (Wildman–Crippen MR) is 49.1 cm³/mol. The van der Waals surface area contributed by atoms with Gasteiger partial charge in [0.15, 0.2) is 0 Å². The largest absolute Gasteiger partial charge is 0.378 e. The molecule has 0 radical (unpaired) electrons.